The molecule has 0 bridgehead atoms. The highest BCUT2D eigenvalue weighted by Crippen LogP contribution is 1.97. The van der Waals surface area contributed by atoms with Gasteiger partial charge in [0.25, 0.3) is 0 Å². The summed E-state index contributed by atoms with van der Waals surface area (Å²) in [5.41, 5.74) is 1.14. The molecule has 0 spiro atoms. The standard InChI is InChI=1S/C10H8O/c11-9-5-4-8-10-6-2-1-3-7-10/h1-3,6-7,9H,8H2. The average Bonchev–Trinajstić information content (AvgIpc) is 2.07. The van der Waals surface area contributed by atoms with Gasteiger partial charge >= 0.3 is 0 Å². The van der Waals surface area contributed by atoms with Crippen LogP contribution in [0.1, 0.15) is 5.56 Å². The normalized spacial score (nSPS) is 8.00. The van der Waals surface area contributed by atoms with Gasteiger partial charge in [-0.25, -0.2) is 0 Å². The van der Waals surface area contributed by atoms with Crippen molar-refractivity contribution in [3.63, 3.8) is 0 Å². The lowest BCUT2D eigenvalue weighted by molar-refractivity contribution is -0.103. The van der Waals surface area contributed by atoms with Gasteiger partial charge in [-0.2, -0.15) is 0 Å². The van der Waals surface area contributed by atoms with Gasteiger partial charge in [0.05, 0.1) is 0 Å². The summed E-state index contributed by atoms with van der Waals surface area (Å²) in [7, 11) is 0. The van der Waals surface area contributed by atoms with Gasteiger partial charge in [0.1, 0.15) is 0 Å². The molecule has 0 aromatic heterocycles. The van der Waals surface area contributed by atoms with Crippen molar-refractivity contribution >= 4 is 6.29 Å². The molecule has 0 fully saturated rings. The highest BCUT2D eigenvalue weighted by Gasteiger charge is 1.83. The van der Waals surface area contributed by atoms with Crippen LogP contribution in [0.3, 0.4) is 0 Å². The Hall–Kier alpha value is -1.55. The largest absolute Gasteiger partial charge is 0.289 e. The Morgan fingerprint density at radius 2 is 2.00 bits per heavy atom. The van der Waals surface area contributed by atoms with Crippen LogP contribution in [-0.4, -0.2) is 6.29 Å². The molecular weight excluding hydrogens is 136 g/mol. The fourth-order valence-corrected chi connectivity index (χ4v) is 0.791. The lowest BCUT2D eigenvalue weighted by atomic mass is 10.2. The van der Waals surface area contributed by atoms with Crippen molar-refractivity contribution < 1.29 is 4.79 Å². The SMILES string of the molecule is O=CC#CCc1ccccc1. The van der Waals surface area contributed by atoms with Crippen molar-refractivity contribution in [2.45, 2.75) is 6.42 Å². The molecule has 1 rings (SSSR count). The molecular formula is C10H8O. The fourth-order valence-electron chi connectivity index (χ4n) is 0.791. The predicted molar refractivity (Wildman–Crippen MR) is 44.0 cm³/mol. The number of aldehydes is 1. The molecule has 0 atom stereocenters. The molecule has 0 saturated heterocycles. The van der Waals surface area contributed by atoms with E-state index in [0.29, 0.717) is 12.7 Å². The van der Waals surface area contributed by atoms with Crippen LogP contribution in [0.25, 0.3) is 0 Å². The predicted octanol–water partition coefficient (Wildman–Crippen LogP) is 1.43. The van der Waals surface area contributed by atoms with E-state index in [1.54, 1.807) is 0 Å². The minimum absolute atomic E-state index is 0.614. The van der Waals surface area contributed by atoms with Gasteiger partial charge in [0.2, 0.25) is 0 Å². The highest BCUT2D eigenvalue weighted by atomic mass is 16.1. The van der Waals surface area contributed by atoms with Crippen molar-refractivity contribution in [1.82, 2.24) is 0 Å². The molecule has 0 aliphatic carbocycles. The van der Waals surface area contributed by atoms with Gasteiger partial charge in [0, 0.05) is 6.42 Å². The fraction of sp³-hybridized carbons (Fsp3) is 0.100. The number of hydrogen-bond donors (Lipinski definition) is 0. The third-order valence-electron chi connectivity index (χ3n) is 1.30. The van der Waals surface area contributed by atoms with E-state index in [1.807, 2.05) is 30.3 Å². The third-order valence-corrected chi connectivity index (χ3v) is 1.30. The van der Waals surface area contributed by atoms with E-state index in [9.17, 15) is 4.79 Å². The van der Waals surface area contributed by atoms with Crippen LogP contribution in [0.2, 0.25) is 0 Å². The minimum atomic E-state index is 0.614. The van der Waals surface area contributed by atoms with Crippen molar-refractivity contribution in [3.8, 4) is 11.8 Å². The Morgan fingerprint density at radius 3 is 2.64 bits per heavy atom. The van der Waals surface area contributed by atoms with Crippen molar-refractivity contribution in [3.05, 3.63) is 35.9 Å². The Morgan fingerprint density at radius 1 is 1.27 bits per heavy atom. The first-order chi connectivity index (χ1) is 5.43. The molecule has 0 saturated carbocycles. The molecule has 1 nitrogen and oxygen atoms in total. The summed E-state index contributed by atoms with van der Waals surface area (Å²) in [5, 5.41) is 0. The van der Waals surface area contributed by atoms with Crippen molar-refractivity contribution in [2.75, 3.05) is 0 Å². The smallest absolute Gasteiger partial charge is 0.192 e. The van der Waals surface area contributed by atoms with Crippen LogP contribution >= 0.6 is 0 Å². The van der Waals surface area contributed by atoms with Crippen LogP contribution in [0.5, 0.6) is 0 Å². The zero-order valence-corrected chi connectivity index (χ0v) is 6.08. The molecule has 54 valence electrons. The minimum Gasteiger partial charge on any atom is -0.289 e. The van der Waals surface area contributed by atoms with Crippen LogP contribution < -0.4 is 0 Å². The number of hydrogen-bond acceptors (Lipinski definition) is 1. The maximum absolute atomic E-state index is 9.82. The Balaban J connectivity index is 2.58. The summed E-state index contributed by atoms with van der Waals surface area (Å²) in [4.78, 5) is 9.82. The monoisotopic (exact) mass is 144 g/mol. The van der Waals surface area contributed by atoms with Crippen LogP contribution in [0.4, 0.5) is 0 Å². The topological polar surface area (TPSA) is 17.1 Å². The van der Waals surface area contributed by atoms with Gasteiger partial charge in [-0.3, -0.25) is 4.79 Å². The van der Waals surface area contributed by atoms with Crippen LogP contribution in [0, 0.1) is 11.8 Å². The highest BCUT2D eigenvalue weighted by molar-refractivity contribution is 5.72. The molecule has 1 aromatic rings. The summed E-state index contributed by atoms with van der Waals surface area (Å²) >= 11 is 0. The number of rotatable bonds is 1. The Labute approximate surface area is 66.1 Å². The lowest BCUT2D eigenvalue weighted by Crippen LogP contribution is -1.78. The van der Waals surface area contributed by atoms with E-state index in [2.05, 4.69) is 11.8 Å². The summed E-state index contributed by atoms with van der Waals surface area (Å²) in [6.45, 7) is 0. The molecule has 0 unspecified atom stereocenters. The summed E-state index contributed by atoms with van der Waals surface area (Å²) in [6.07, 6.45) is 1.27. The van der Waals surface area contributed by atoms with E-state index in [1.165, 1.54) is 0 Å². The third kappa shape index (κ3) is 2.68. The van der Waals surface area contributed by atoms with Crippen molar-refractivity contribution in [1.29, 1.82) is 0 Å². The Bertz CT molecular complexity index is 277. The summed E-state index contributed by atoms with van der Waals surface area (Å²) in [5.74, 6) is 5.10. The van der Waals surface area contributed by atoms with E-state index in [0.717, 1.165) is 5.56 Å². The van der Waals surface area contributed by atoms with E-state index >= 15 is 0 Å². The lowest BCUT2D eigenvalue weighted by Gasteiger charge is -1.89. The van der Waals surface area contributed by atoms with Gasteiger partial charge in [-0.05, 0) is 11.5 Å². The molecule has 0 radical (unpaired) electrons. The summed E-state index contributed by atoms with van der Waals surface area (Å²) in [6, 6.07) is 9.84. The molecule has 11 heavy (non-hydrogen) atoms. The van der Waals surface area contributed by atoms with E-state index in [4.69, 9.17) is 0 Å². The molecule has 1 heteroatoms. The number of carbonyl (C=O) groups excluding carboxylic acids is 1. The molecule has 0 heterocycles. The first kappa shape index (κ1) is 7.56. The molecule has 0 N–H and O–H groups in total. The molecule has 0 aliphatic heterocycles. The molecule has 1 aromatic carbocycles. The second kappa shape index (κ2) is 4.29. The van der Waals surface area contributed by atoms with Gasteiger partial charge in [-0.1, -0.05) is 36.3 Å². The average molecular weight is 144 g/mol. The first-order valence-corrected chi connectivity index (χ1v) is 3.39. The van der Waals surface area contributed by atoms with E-state index in [-0.39, 0.29) is 0 Å². The zero-order valence-electron chi connectivity index (χ0n) is 6.08. The zero-order chi connectivity index (χ0) is 7.94. The second-order valence-corrected chi connectivity index (χ2v) is 2.10. The quantitative estimate of drug-likeness (QED) is 0.430. The van der Waals surface area contributed by atoms with E-state index < -0.39 is 0 Å². The number of carbonyl (C=O) groups is 1. The van der Waals surface area contributed by atoms with Crippen LogP contribution in [0.15, 0.2) is 30.3 Å². The van der Waals surface area contributed by atoms with Gasteiger partial charge in [-0.15, -0.1) is 0 Å². The maximum Gasteiger partial charge on any atom is 0.192 e. The second-order valence-electron chi connectivity index (χ2n) is 2.10. The number of benzene rings is 1. The molecule has 0 aliphatic rings. The summed E-state index contributed by atoms with van der Waals surface area (Å²) < 4.78 is 0. The maximum atomic E-state index is 9.82. The van der Waals surface area contributed by atoms with Gasteiger partial charge in [0.15, 0.2) is 6.29 Å². The molecule has 0 amide bonds. The van der Waals surface area contributed by atoms with Crippen molar-refractivity contribution in [2.24, 2.45) is 0 Å². The van der Waals surface area contributed by atoms with Gasteiger partial charge < -0.3 is 0 Å². The first-order valence-electron chi connectivity index (χ1n) is 3.39. The Kier molecular flexibility index (Phi) is 2.95. The van der Waals surface area contributed by atoms with Crippen LogP contribution in [-0.2, 0) is 11.2 Å².